The molecule has 1 heterocycles. The normalized spacial score (nSPS) is 11.4. The lowest BCUT2D eigenvalue weighted by molar-refractivity contribution is 0.286. The van der Waals surface area contributed by atoms with Crippen LogP contribution in [-0.4, -0.2) is 28.3 Å². The van der Waals surface area contributed by atoms with Crippen LogP contribution >= 0.6 is 0 Å². The molecule has 4 rings (SSSR count). The number of aryl methyl sites for hydroxylation is 2. The van der Waals surface area contributed by atoms with Crippen molar-refractivity contribution in [3.63, 3.8) is 0 Å². The summed E-state index contributed by atoms with van der Waals surface area (Å²) in [5.74, 6) is 0.358. The molecule has 0 unspecified atom stereocenters. The molecule has 0 bridgehead atoms. The summed E-state index contributed by atoms with van der Waals surface area (Å²) in [4.78, 5) is 3.70. The standard InChI is InChI=1S/C32H40N2O2/c1-5-7-12-26-29(36)20-27(24(6-2)32(26)33-15-10-11-16-35)30-25-13-8-9-14-28(25)34-31(30)23-18-21(3)17-22(4)19-23/h8-9,13-14,17-20,33-36H,5-7,10-12,15-16H2,1-4H3. The first-order valence-electron chi connectivity index (χ1n) is 13.4. The van der Waals surface area contributed by atoms with E-state index in [0.29, 0.717) is 5.75 Å². The third-order valence-electron chi connectivity index (χ3n) is 7.03. The number of aliphatic hydroxyl groups is 1. The van der Waals surface area contributed by atoms with Gasteiger partial charge in [-0.05, 0) is 86.9 Å². The highest BCUT2D eigenvalue weighted by atomic mass is 16.3. The molecule has 4 nitrogen and oxygen atoms in total. The van der Waals surface area contributed by atoms with E-state index in [2.05, 4.69) is 80.5 Å². The molecule has 0 amide bonds. The van der Waals surface area contributed by atoms with Gasteiger partial charge in [0, 0.05) is 40.9 Å². The second-order valence-corrected chi connectivity index (χ2v) is 9.89. The van der Waals surface area contributed by atoms with Gasteiger partial charge in [0.15, 0.2) is 0 Å². The van der Waals surface area contributed by atoms with Crippen LogP contribution in [0.4, 0.5) is 5.69 Å². The number of para-hydroxylation sites is 1. The average molecular weight is 485 g/mol. The molecular formula is C32H40N2O2. The van der Waals surface area contributed by atoms with E-state index in [1.165, 1.54) is 16.7 Å². The number of phenolic OH excluding ortho intramolecular Hbond substituents is 1. The van der Waals surface area contributed by atoms with Crippen molar-refractivity contribution in [1.82, 2.24) is 4.98 Å². The molecule has 0 spiro atoms. The number of hydrogen-bond donors (Lipinski definition) is 4. The fourth-order valence-electron chi connectivity index (χ4n) is 5.37. The van der Waals surface area contributed by atoms with E-state index in [1.807, 2.05) is 6.07 Å². The van der Waals surface area contributed by atoms with E-state index >= 15 is 0 Å². The summed E-state index contributed by atoms with van der Waals surface area (Å²) in [5.41, 5.74) is 11.3. The van der Waals surface area contributed by atoms with E-state index in [0.717, 1.165) is 89.6 Å². The van der Waals surface area contributed by atoms with Gasteiger partial charge in [-0.25, -0.2) is 0 Å². The second kappa shape index (κ2) is 11.7. The van der Waals surface area contributed by atoms with Crippen molar-refractivity contribution in [2.75, 3.05) is 18.5 Å². The van der Waals surface area contributed by atoms with Gasteiger partial charge in [-0.3, -0.25) is 0 Å². The van der Waals surface area contributed by atoms with Gasteiger partial charge < -0.3 is 20.5 Å². The molecule has 1 aromatic heterocycles. The van der Waals surface area contributed by atoms with Crippen LogP contribution in [0.2, 0.25) is 0 Å². The summed E-state index contributed by atoms with van der Waals surface area (Å²) in [6.45, 7) is 9.63. The van der Waals surface area contributed by atoms with Crippen LogP contribution in [0.15, 0.2) is 48.5 Å². The first kappa shape index (κ1) is 25.8. The molecular weight excluding hydrogens is 444 g/mol. The Balaban J connectivity index is 1.98. The number of hydrogen-bond acceptors (Lipinski definition) is 3. The summed E-state index contributed by atoms with van der Waals surface area (Å²) in [6.07, 6.45) is 5.45. The molecule has 4 N–H and O–H groups in total. The number of H-pyrrole nitrogens is 1. The molecule has 3 aromatic carbocycles. The number of aliphatic hydroxyl groups excluding tert-OH is 1. The number of rotatable bonds is 11. The summed E-state index contributed by atoms with van der Waals surface area (Å²) < 4.78 is 0. The molecule has 0 aliphatic rings. The van der Waals surface area contributed by atoms with E-state index in [4.69, 9.17) is 0 Å². The maximum Gasteiger partial charge on any atom is 0.121 e. The minimum atomic E-state index is 0.199. The minimum absolute atomic E-state index is 0.199. The van der Waals surface area contributed by atoms with Gasteiger partial charge in [0.05, 0.1) is 5.69 Å². The Morgan fingerprint density at radius 2 is 1.64 bits per heavy atom. The molecule has 0 saturated carbocycles. The van der Waals surface area contributed by atoms with Gasteiger partial charge in [0.25, 0.3) is 0 Å². The molecule has 0 saturated heterocycles. The third kappa shape index (κ3) is 5.29. The van der Waals surface area contributed by atoms with Crippen molar-refractivity contribution >= 4 is 16.6 Å². The Bertz CT molecular complexity index is 1320. The number of aromatic nitrogens is 1. The maximum atomic E-state index is 11.4. The molecule has 190 valence electrons. The van der Waals surface area contributed by atoms with Crippen LogP contribution in [0, 0.1) is 13.8 Å². The summed E-state index contributed by atoms with van der Waals surface area (Å²) in [6, 6.07) is 17.1. The molecule has 0 atom stereocenters. The minimum Gasteiger partial charge on any atom is -0.508 e. The van der Waals surface area contributed by atoms with Gasteiger partial charge >= 0.3 is 0 Å². The number of aromatic hydroxyl groups is 1. The number of nitrogens with one attached hydrogen (secondary N) is 2. The fraction of sp³-hybridized carbons (Fsp3) is 0.375. The van der Waals surface area contributed by atoms with E-state index < -0.39 is 0 Å². The number of fused-ring (bicyclic) bond motifs is 1. The Kier molecular flexibility index (Phi) is 8.37. The average Bonchev–Trinajstić information content (AvgIpc) is 3.25. The zero-order valence-corrected chi connectivity index (χ0v) is 22.2. The van der Waals surface area contributed by atoms with Crippen molar-refractivity contribution in [2.45, 2.75) is 66.2 Å². The van der Waals surface area contributed by atoms with Crippen molar-refractivity contribution in [2.24, 2.45) is 0 Å². The summed E-state index contributed by atoms with van der Waals surface area (Å²) in [7, 11) is 0. The van der Waals surface area contributed by atoms with Crippen molar-refractivity contribution in [3.05, 3.63) is 70.8 Å². The number of aromatic amines is 1. The van der Waals surface area contributed by atoms with E-state index in [-0.39, 0.29) is 6.61 Å². The number of anilines is 1. The quantitative estimate of drug-likeness (QED) is 0.163. The monoisotopic (exact) mass is 484 g/mol. The SMILES string of the molecule is CCCCc1c(O)cc(-c2c(-c3cc(C)cc(C)c3)[nH]c3ccccc23)c(CC)c1NCCCCO. The van der Waals surface area contributed by atoms with Crippen LogP contribution in [0.3, 0.4) is 0 Å². The topological polar surface area (TPSA) is 68.3 Å². The predicted octanol–water partition coefficient (Wildman–Crippen LogP) is 7.91. The predicted molar refractivity (Wildman–Crippen MR) is 153 cm³/mol. The summed E-state index contributed by atoms with van der Waals surface area (Å²) in [5, 5.41) is 25.4. The Hall–Kier alpha value is -3.24. The van der Waals surface area contributed by atoms with Gasteiger partial charge in [0.1, 0.15) is 5.75 Å². The highest BCUT2D eigenvalue weighted by Gasteiger charge is 2.23. The van der Waals surface area contributed by atoms with E-state index in [1.54, 1.807) is 0 Å². The molecule has 0 fully saturated rings. The number of benzene rings is 3. The van der Waals surface area contributed by atoms with Crippen LogP contribution in [-0.2, 0) is 12.8 Å². The van der Waals surface area contributed by atoms with Crippen LogP contribution in [0.1, 0.15) is 61.8 Å². The van der Waals surface area contributed by atoms with Gasteiger partial charge in [0.2, 0.25) is 0 Å². The third-order valence-corrected chi connectivity index (χ3v) is 7.03. The first-order chi connectivity index (χ1) is 17.5. The lowest BCUT2D eigenvalue weighted by Gasteiger charge is -2.22. The molecule has 4 aromatic rings. The van der Waals surface area contributed by atoms with Gasteiger partial charge in [-0.2, -0.15) is 0 Å². The highest BCUT2D eigenvalue weighted by molar-refractivity contribution is 6.05. The lowest BCUT2D eigenvalue weighted by atomic mass is 9.88. The molecule has 36 heavy (non-hydrogen) atoms. The van der Waals surface area contributed by atoms with E-state index in [9.17, 15) is 10.2 Å². The molecule has 4 heteroatoms. The van der Waals surface area contributed by atoms with Gasteiger partial charge in [-0.1, -0.05) is 55.7 Å². The van der Waals surface area contributed by atoms with Gasteiger partial charge in [-0.15, -0.1) is 0 Å². The van der Waals surface area contributed by atoms with Crippen molar-refractivity contribution < 1.29 is 10.2 Å². The Morgan fingerprint density at radius 1 is 0.889 bits per heavy atom. The smallest absolute Gasteiger partial charge is 0.121 e. The largest absolute Gasteiger partial charge is 0.508 e. The molecule has 0 radical (unpaired) electrons. The van der Waals surface area contributed by atoms with Crippen molar-refractivity contribution in [3.8, 4) is 28.1 Å². The highest BCUT2D eigenvalue weighted by Crippen LogP contribution is 2.45. The molecule has 0 aliphatic heterocycles. The van der Waals surface area contributed by atoms with Crippen molar-refractivity contribution in [1.29, 1.82) is 0 Å². The zero-order valence-electron chi connectivity index (χ0n) is 22.2. The number of phenols is 1. The van der Waals surface area contributed by atoms with Crippen LogP contribution in [0.5, 0.6) is 5.75 Å². The molecule has 0 aliphatic carbocycles. The Morgan fingerprint density at radius 3 is 2.33 bits per heavy atom. The first-order valence-corrected chi connectivity index (χ1v) is 13.4. The Labute approximate surface area is 215 Å². The lowest BCUT2D eigenvalue weighted by Crippen LogP contribution is -2.09. The zero-order chi connectivity index (χ0) is 25.7. The second-order valence-electron chi connectivity index (χ2n) is 9.89. The number of unbranched alkanes of at least 4 members (excludes halogenated alkanes) is 2. The summed E-state index contributed by atoms with van der Waals surface area (Å²) >= 11 is 0. The van der Waals surface area contributed by atoms with Crippen LogP contribution < -0.4 is 5.32 Å². The fourth-order valence-corrected chi connectivity index (χ4v) is 5.37. The maximum absolute atomic E-state index is 11.4. The van der Waals surface area contributed by atoms with Crippen LogP contribution in [0.25, 0.3) is 33.3 Å².